The molecule has 0 saturated carbocycles. The lowest BCUT2D eigenvalue weighted by Gasteiger charge is -2.10. The number of sulfonamides is 1. The summed E-state index contributed by atoms with van der Waals surface area (Å²) in [4.78, 5) is 12.0. The van der Waals surface area contributed by atoms with E-state index in [1.165, 1.54) is 0 Å². The minimum Gasteiger partial charge on any atom is -0.352 e. The minimum atomic E-state index is -3.40. The van der Waals surface area contributed by atoms with Crippen LogP contribution >= 0.6 is 0 Å². The SMILES string of the molecule is CCCCCCNC(=O)c1ccccc1NS(C)(=O)=O. The summed E-state index contributed by atoms with van der Waals surface area (Å²) in [6.45, 7) is 2.73. The summed E-state index contributed by atoms with van der Waals surface area (Å²) in [5.74, 6) is -0.256. The van der Waals surface area contributed by atoms with Crippen LogP contribution in [0.4, 0.5) is 5.69 Å². The van der Waals surface area contributed by atoms with Crippen molar-refractivity contribution in [3.8, 4) is 0 Å². The van der Waals surface area contributed by atoms with Crippen molar-refractivity contribution in [3.05, 3.63) is 29.8 Å². The number of hydrogen-bond donors (Lipinski definition) is 2. The number of anilines is 1. The van der Waals surface area contributed by atoms with E-state index in [0.717, 1.165) is 31.9 Å². The van der Waals surface area contributed by atoms with Gasteiger partial charge in [0.25, 0.3) is 5.91 Å². The summed E-state index contributed by atoms with van der Waals surface area (Å²) in [5, 5.41) is 2.81. The fourth-order valence-electron chi connectivity index (χ4n) is 1.82. The van der Waals surface area contributed by atoms with Gasteiger partial charge in [0.1, 0.15) is 0 Å². The number of rotatable bonds is 8. The van der Waals surface area contributed by atoms with E-state index in [9.17, 15) is 13.2 Å². The lowest BCUT2D eigenvalue weighted by molar-refractivity contribution is 0.0954. The zero-order valence-electron chi connectivity index (χ0n) is 12.0. The third kappa shape index (κ3) is 6.06. The molecule has 0 heterocycles. The van der Waals surface area contributed by atoms with Crippen LogP contribution < -0.4 is 10.0 Å². The van der Waals surface area contributed by atoms with Crippen LogP contribution in [0.25, 0.3) is 0 Å². The smallest absolute Gasteiger partial charge is 0.253 e. The monoisotopic (exact) mass is 298 g/mol. The summed E-state index contributed by atoms with van der Waals surface area (Å²) in [6, 6.07) is 6.58. The first kappa shape index (κ1) is 16.5. The number of hydrogen-bond acceptors (Lipinski definition) is 3. The highest BCUT2D eigenvalue weighted by atomic mass is 32.2. The van der Waals surface area contributed by atoms with Crippen LogP contribution in [0, 0.1) is 0 Å². The number of nitrogens with one attached hydrogen (secondary N) is 2. The van der Waals surface area contributed by atoms with Gasteiger partial charge in [0.2, 0.25) is 10.0 Å². The fraction of sp³-hybridized carbons (Fsp3) is 0.500. The zero-order valence-corrected chi connectivity index (χ0v) is 12.8. The van der Waals surface area contributed by atoms with E-state index >= 15 is 0 Å². The van der Waals surface area contributed by atoms with Gasteiger partial charge < -0.3 is 5.32 Å². The van der Waals surface area contributed by atoms with E-state index < -0.39 is 10.0 Å². The molecule has 5 nitrogen and oxygen atoms in total. The summed E-state index contributed by atoms with van der Waals surface area (Å²) in [5.41, 5.74) is 0.648. The molecule has 1 rings (SSSR count). The predicted octanol–water partition coefficient (Wildman–Crippen LogP) is 2.37. The van der Waals surface area contributed by atoms with Crippen LogP contribution in [0.1, 0.15) is 43.0 Å². The Morgan fingerprint density at radius 3 is 2.50 bits per heavy atom. The Morgan fingerprint density at radius 2 is 1.85 bits per heavy atom. The van der Waals surface area contributed by atoms with E-state index in [1.807, 2.05) is 0 Å². The standard InChI is InChI=1S/C14H22N2O3S/c1-3-4-5-8-11-15-14(17)12-9-6-7-10-13(12)16-20(2,18)19/h6-7,9-10,16H,3-5,8,11H2,1-2H3,(H,15,17). The van der Waals surface area contributed by atoms with E-state index in [1.54, 1.807) is 24.3 Å². The molecular formula is C14H22N2O3S. The molecule has 0 saturated heterocycles. The second-order valence-corrected chi connectivity index (χ2v) is 6.48. The topological polar surface area (TPSA) is 75.3 Å². The highest BCUT2D eigenvalue weighted by Gasteiger charge is 2.12. The normalized spacial score (nSPS) is 11.1. The number of unbranched alkanes of at least 4 members (excludes halogenated alkanes) is 3. The first-order valence-electron chi connectivity index (χ1n) is 6.79. The first-order valence-corrected chi connectivity index (χ1v) is 8.68. The van der Waals surface area contributed by atoms with Gasteiger partial charge in [-0.1, -0.05) is 38.3 Å². The molecule has 1 aromatic rings. The van der Waals surface area contributed by atoms with Crippen molar-refractivity contribution in [3.63, 3.8) is 0 Å². The molecule has 20 heavy (non-hydrogen) atoms. The fourth-order valence-corrected chi connectivity index (χ4v) is 2.40. The molecule has 2 N–H and O–H groups in total. The van der Waals surface area contributed by atoms with Crippen molar-refractivity contribution in [1.29, 1.82) is 0 Å². The molecule has 0 radical (unpaired) electrons. The molecule has 0 spiro atoms. The Morgan fingerprint density at radius 1 is 1.15 bits per heavy atom. The van der Waals surface area contributed by atoms with Crippen LogP contribution in [0.5, 0.6) is 0 Å². The van der Waals surface area contributed by atoms with Gasteiger partial charge in [-0.05, 0) is 18.6 Å². The van der Waals surface area contributed by atoms with Crippen molar-refractivity contribution in [1.82, 2.24) is 5.32 Å². The van der Waals surface area contributed by atoms with Crippen molar-refractivity contribution in [2.75, 3.05) is 17.5 Å². The maximum Gasteiger partial charge on any atom is 0.253 e. The van der Waals surface area contributed by atoms with Gasteiger partial charge in [-0.15, -0.1) is 0 Å². The van der Waals surface area contributed by atoms with Gasteiger partial charge in [-0.25, -0.2) is 8.42 Å². The number of carbonyl (C=O) groups is 1. The van der Waals surface area contributed by atoms with Crippen molar-refractivity contribution in [2.24, 2.45) is 0 Å². The van der Waals surface area contributed by atoms with E-state index in [0.29, 0.717) is 17.8 Å². The highest BCUT2D eigenvalue weighted by molar-refractivity contribution is 7.92. The number of benzene rings is 1. The van der Waals surface area contributed by atoms with Crippen LogP contribution in [-0.4, -0.2) is 27.1 Å². The zero-order chi connectivity index (χ0) is 15.0. The average molecular weight is 298 g/mol. The van der Waals surface area contributed by atoms with Gasteiger partial charge in [0.05, 0.1) is 17.5 Å². The molecule has 0 bridgehead atoms. The Kier molecular flexibility index (Phi) is 6.51. The molecule has 1 aromatic carbocycles. The lowest BCUT2D eigenvalue weighted by Crippen LogP contribution is -2.26. The molecule has 0 atom stereocenters. The van der Waals surface area contributed by atoms with E-state index in [4.69, 9.17) is 0 Å². The largest absolute Gasteiger partial charge is 0.352 e. The number of para-hydroxylation sites is 1. The Bertz CT molecular complexity index is 541. The maximum atomic E-state index is 12.0. The average Bonchev–Trinajstić information content (AvgIpc) is 2.37. The summed E-state index contributed by atoms with van der Waals surface area (Å²) < 4.78 is 24.9. The van der Waals surface area contributed by atoms with Crippen LogP contribution in [0.2, 0.25) is 0 Å². The van der Waals surface area contributed by atoms with Crippen LogP contribution in [-0.2, 0) is 10.0 Å². The molecular weight excluding hydrogens is 276 g/mol. The van der Waals surface area contributed by atoms with Crippen LogP contribution in [0.3, 0.4) is 0 Å². The summed E-state index contributed by atoms with van der Waals surface area (Å²) in [7, 11) is -3.40. The van der Waals surface area contributed by atoms with Gasteiger partial charge in [-0.2, -0.15) is 0 Å². The van der Waals surface area contributed by atoms with Gasteiger partial charge >= 0.3 is 0 Å². The number of amides is 1. The Balaban J connectivity index is 2.63. The molecule has 0 unspecified atom stereocenters. The van der Waals surface area contributed by atoms with E-state index in [-0.39, 0.29) is 5.91 Å². The molecule has 0 aromatic heterocycles. The second-order valence-electron chi connectivity index (χ2n) is 4.74. The van der Waals surface area contributed by atoms with E-state index in [2.05, 4.69) is 17.0 Å². The minimum absolute atomic E-state index is 0.256. The van der Waals surface area contributed by atoms with Crippen LogP contribution in [0.15, 0.2) is 24.3 Å². The van der Waals surface area contributed by atoms with Gasteiger partial charge in [-0.3, -0.25) is 9.52 Å². The van der Waals surface area contributed by atoms with Gasteiger partial charge in [0.15, 0.2) is 0 Å². The molecule has 1 amide bonds. The molecule has 0 aliphatic heterocycles. The quantitative estimate of drug-likeness (QED) is 0.723. The number of carbonyl (C=O) groups excluding carboxylic acids is 1. The highest BCUT2D eigenvalue weighted by Crippen LogP contribution is 2.16. The predicted molar refractivity (Wildman–Crippen MR) is 81.4 cm³/mol. The lowest BCUT2D eigenvalue weighted by atomic mass is 10.1. The van der Waals surface area contributed by atoms with Crippen molar-refractivity contribution >= 4 is 21.6 Å². The Hall–Kier alpha value is -1.56. The third-order valence-electron chi connectivity index (χ3n) is 2.78. The second kappa shape index (κ2) is 7.89. The first-order chi connectivity index (χ1) is 9.44. The molecule has 0 fully saturated rings. The van der Waals surface area contributed by atoms with Crippen molar-refractivity contribution < 1.29 is 13.2 Å². The molecule has 6 heteroatoms. The summed E-state index contributed by atoms with van der Waals surface area (Å²) >= 11 is 0. The third-order valence-corrected chi connectivity index (χ3v) is 3.37. The summed E-state index contributed by atoms with van der Waals surface area (Å²) in [6.07, 6.45) is 5.38. The van der Waals surface area contributed by atoms with Gasteiger partial charge in [0, 0.05) is 6.54 Å². The maximum absolute atomic E-state index is 12.0. The molecule has 112 valence electrons. The van der Waals surface area contributed by atoms with Crippen molar-refractivity contribution in [2.45, 2.75) is 32.6 Å². The Labute approximate surface area is 120 Å². The molecule has 0 aliphatic carbocycles. The molecule has 0 aliphatic rings.